The number of halogens is 3. The lowest BCUT2D eigenvalue weighted by molar-refractivity contribution is -0.210. The van der Waals surface area contributed by atoms with Crippen molar-refractivity contribution >= 4 is 12.2 Å². The second-order valence-electron chi connectivity index (χ2n) is 1.61. The quantitative estimate of drug-likeness (QED) is 0.475. The number of carbonyl (C=O) groups is 1. The summed E-state index contributed by atoms with van der Waals surface area (Å²) in [7, 11) is 0. The van der Waals surface area contributed by atoms with Crippen molar-refractivity contribution in [3.8, 4) is 0 Å². The van der Waals surface area contributed by atoms with Crippen LogP contribution in [0.5, 0.6) is 0 Å². The molecule has 0 aromatic rings. The van der Waals surface area contributed by atoms with Gasteiger partial charge in [0.2, 0.25) is 0 Å². The minimum atomic E-state index is -4.58. The molecular weight excluding hydrogens is 151 g/mol. The van der Waals surface area contributed by atoms with E-state index in [1.807, 2.05) is 0 Å². The third-order valence-electron chi connectivity index (χ3n) is 0.823. The van der Waals surface area contributed by atoms with Crippen LogP contribution in [0.3, 0.4) is 0 Å². The average Bonchev–Trinajstić information content (AvgIpc) is 2.11. The molecule has 56 valence electrons. The fourth-order valence-corrected chi connectivity index (χ4v) is 0.451. The van der Waals surface area contributed by atoms with E-state index in [4.69, 9.17) is 0 Å². The van der Waals surface area contributed by atoms with E-state index in [2.05, 4.69) is 9.73 Å². The molecule has 1 atom stereocenters. The first kappa shape index (κ1) is 7.04. The summed E-state index contributed by atoms with van der Waals surface area (Å²) in [5.74, 6) is -1.05. The normalized spacial score (nSPS) is 25.1. The molecule has 0 bridgehead atoms. The number of cyclic esters (lactones) is 1. The van der Waals surface area contributed by atoms with E-state index in [9.17, 15) is 18.0 Å². The predicted octanol–water partition coefficient (Wildman–Crippen LogP) is 0.502. The Morgan fingerprint density at radius 2 is 2.20 bits per heavy atom. The Kier molecular flexibility index (Phi) is 1.38. The number of alkyl halides is 3. The van der Waals surface area contributed by atoms with Crippen molar-refractivity contribution in [1.82, 2.24) is 0 Å². The fraction of sp³-hybridized carbons (Fsp3) is 0.500. The summed E-state index contributed by atoms with van der Waals surface area (Å²) < 4.78 is 38.4. The number of rotatable bonds is 0. The van der Waals surface area contributed by atoms with Gasteiger partial charge in [-0.3, -0.25) is 0 Å². The molecule has 0 saturated carbocycles. The number of carbonyl (C=O) groups excluding carboxylic acids is 1. The number of nitrogens with zero attached hydrogens (tertiary/aromatic N) is 1. The molecule has 0 N–H and O–H groups in total. The summed E-state index contributed by atoms with van der Waals surface area (Å²) in [6.07, 6.45) is -6.36. The van der Waals surface area contributed by atoms with Crippen molar-refractivity contribution in [3.63, 3.8) is 0 Å². The molecule has 0 spiro atoms. The van der Waals surface area contributed by atoms with Gasteiger partial charge in [-0.1, -0.05) is 0 Å². The molecule has 6 heteroatoms. The molecule has 1 heterocycles. The fourth-order valence-electron chi connectivity index (χ4n) is 0.451. The minimum absolute atomic E-state index is 0.512. The summed E-state index contributed by atoms with van der Waals surface area (Å²) in [5, 5.41) is 0. The van der Waals surface area contributed by atoms with Crippen molar-refractivity contribution < 1.29 is 22.7 Å². The molecule has 0 fully saturated rings. The van der Waals surface area contributed by atoms with Crippen molar-refractivity contribution in [2.24, 2.45) is 4.99 Å². The number of hydrogen-bond donors (Lipinski definition) is 0. The lowest BCUT2D eigenvalue weighted by atomic mass is 10.6. The number of aliphatic imine (C=N–C) groups is 1. The smallest absolute Gasteiger partial charge is 0.425 e. The van der Waals surface area contributed by atoms with E-state index in [1.165, 1.54) is 0 Å². The van der Waals surface area contributed by atoms with Crippen molar-refractivity contribution in [3.05, 3.63) is 0 Å². The first-order chi connectivity index (χ1) is 4.50. The lowest BCUT2D eigenvalue weighted by Gasteiger charge is -2.09. The van der Waals surface area contributed by atoms with Crippen LogP contribution in [0.1, 0.15) is 0 Å². The number of hydrogen-bond acceptors (Lipinski definition) is 3. The third-order valence-corrected chi connectivity index (χ3v) is 0.823. The molecule has 1 rings (SSSR count). The van der Waals surface area contributed by atoms with Crippen LogP contribution in [0.4, 0.5) is 13.2 Å². The van der Waals surface area contributed by atoms with Crippen LogP contribution < -0.4 is 0 Å². The zero-order chi connectivity index (χ0) is 7.78. The van der Waals surface area contributed by atoms with Crippen LogP contribution in [0.15, 0.2) is 4.99 Å². The highest BCUT2D eigenvalue weighted by Gasteiger charge is 2.44. The Labute approximate surface area is 53.5 Å². The van der Waals surface area contributed by atoms with Crippen LogP contribution in [0.25, 0.3) is 0 Å². The van der Waals surface area contributed by atoms with Crippen LogP contribution in [0, 0.1) is 0 Å². The van der Waals surface area contributed by atoms with Crippen molar-refractivity contribution in [1.29, 1.82) is 0 Å². The zero-order valence-electron chi connectivity index (χ0n) is 4.55. The molecule has 0 radical (unpaired) electrons. The van der Waals surface area contributed by atoms with E-state index < -0.39 is 18.4 Å². The first-order valence-electron chi connectivity index (χ1n) is 2.30. The van der Waals surface area contributed by atoms with E-state index in [1.54, 1.807) is 0 Å². The molecule has 1 aliphatic rings. The molecule has 0 amide bonds. The van der Waals surface area contributed by atoms with Crippen LogP contribution >= 0.6 is 0 Å². The minimum Gasteiger partial charge on any atom is -0.425 e. The summed E-state index contributed by atoms with van der Waals surface area (Å²) in [4.78, 5) is 12.8. The van der Waals surface area contributed by atoms with Gasteiger partial charge in [-0.15, -0.1) is 0 Å². The highest BCUT2D eigenvalue weighted by atomic mass is 19.4. The summed E-state index contributed by atoms with van der Waals surface area (Å²) in [5.41, 5.74) is 0. The molecule has 0 aromatic heterocycles. The summed E-state index contributed by atoms with van der Waals surface area (Å²) in [6.45, 7) is 0. The topological polar surface area (TPSA) is 38.7 Å². The molecule has 0 aromatic carbocycles. The summed E-state index contributed by atoms with van der Waals surface area (Å²) >= 11 is 0. The van der Waals surface area contributed by atoms with Gasteiger partial charge in [0.25, 0.3) is 6.23 Å². The molecule has 3 nitrogen and oxygen atoms in total. The Bertz CT molecular complexity index is 185. The third kappa shape index (κ3) is 1.26. The van der Waals surface area contributed by atoms with Gasteiger partial charge in [-0.05, 0) is 0 Å². The van der Waals surface area contributed by atoms with Crippen molar-refractivity contribution in [2.45, 2.75) is 12.4 Å². The Morgan fingerprint density at radius 3 is 2.40 bits per heavy atom. The van der Waals surface area contributed by atoms with Crippen LogP contribution in [-0.2, 0) is 9.53 Å². The van der Waals surface area contributed by atoms with Gasteiger partial charge in [0.15, 0.2) is 0 Å². The van der Waals surface area contributed by atoms with Crippen LogP contribution in [-0.4, -0.2) is 24.6 Å². The summed E-state index contributed by atoms with van der Waals surface area (Å²) in [6, 6.07) is 0. The SMILES string of the molecule is O=C1C=NC(C(F)(F)F)O1. The number of ether oxygens (including phenoxy) is 1. The van der Waals surface area contributed by atoms with Gasteiger partial charge in [-0.2, -0.15) is 13.2 Å². The lowest BCUT2D eigenvalue weighted by Crippen LogP contribution is -2.27. The highest BCUT2D eigenvalue weighted by Crippen LogP contribution is 2.25. The highest BCUT2D eigenvalue weighted by molar-refractivity contribution is 6.24. The van der Waals surface area contributed by atoms with E-state index in [0.717, 1.165) is 0 Å². The molecule has 0 saturated heterocycles. The maximum Gasteiger partial charge on any atom is 0.447 e. The largest absolute Gasteiger partial charge is 0.447 e. The Hall–Kier alpha value is -1.07. The standard InChI is InChI=1S/C4H2F3NO2/c5-4(6,7)3-8-1-2(9)10-3/h1,3H. The Balaban J connectivity index is 2.63. The first-order valence-corrected chi connectivity index (χ1v) is 2.30. The van der Waals surface area contributed by atoms with Gasteiger partial charge in [-0.25, -0.2) is 9.79 Å². The maximum absolute atomic E-state index is 11.5. The van der Waals surface area contributed by atoms with E-state index in [-0.39, 0.29) is 0 Å². The predicted molar refractivity (Wildman–Crippen MR) is 24.4 cm³/mol. The van der Waals surface area contributed by atoms with Gasteiger partial charge in [0.05, 0.1) is 0 Å². The molecule has 1 unspecified atom stereocenters. The average molecular weight is 153 g/mol. The van der Waals surface area contributed by atoms with Gasteiger partial charge >= 0.3 is 12.1 Å². The van der Waals surface area contributed by atoms with Gasteiger partial charge in [0, 0.05) is 0 Å². The van der Waals surface area contributed by atoms with Crippen LogP contribution in [0.2, 0.25) is 0 Å². The second kappa shape index (κ2) is 1.96. The van der Waals surface area contributed by atoms with Gasteiger partial charge < -0.3 is 4.74 Å². The second-order valence-corrected chi connectivity index (χ2v) is 1.61. The van der Waals surface area contributed by atoms with Gasteiger partial charge in [0.1, 0.15) is 6.21 Å². The molecule has 0 aliphatic carbocycles. The van der Waals surface area contributed by atoms with Crippen molar-refractivity contribution in [2.75, 3.05) is 0 Å². The molecular formula is C4H2F3NO2. The maximum atomic E-state index is 11.5. The Morgan fingerprint density at radius 1 is 1.60 bits per heavy atom. The molecule has 1 aliphatic heterocycles. The zero-order valence-corrected chi connectivity index (χ0v) is 4.55. The van der Waals surface area contributed by atoms with E-state index >= 15 is 0 Å². The molecule has 10 heavy (non-hydrogen) atoms. The number of esters is 1. The monoisotopic (exact) mass is 153 g/mol. The van der Waals surface area contributed by atoms with E-state index in [0.29, 0.717) is 6.21 Å².